The molecule has 0 bridgehead atoms. The van der Waals surface area contributed by atoms with Gasteiger partial charge in [0.05, 0.1) is 11.2 Å². The van der Waals surface area contributed by atoms with Crippen molar-refractivity contribution in [2.45, 2.75) is 19.4 Å². The number of aliphatic carboxylic acids is 1. The van der Waals surface area contributed by atoms with Crippen LogP contribution >= 0.6 is 0 Å². The molecule has 130 valence electrons. The molecule has 0 fully saturated rings. The highest BCUT2D eigenvalue weighted by Crippen LogP contribution is 2.31. The third kappa shape index (κ3) is 3.17. The molecule has 0 spiro atoms. The summed E-state index contributed by atoms with van der Waals surface area (Å²) in [6.45, 7) is 3.44. The Kier molecular flexibility index (Phi) is 4.16. The van der Waals surface area contributed by atoms with Crippen LogP contribution in [0.25, 0.3) is 5.69 Å². The van der Waals surface area contributed by atoms with Crippen LogP contribution in [0.5, 0.6) is 0 Å². The number of nitrogens with zero attached hydrogens (tertiary/aromatic N) is 2. The predicted molar refractivity (Wildman–Crippen MR) is 89.7 cm³/mol. The fourth-order valence-electron chi connectivity index (χ4n) is 2.89. The van der Waals surface area contributed by atoms with Crippen LogP contribution in [0.2, 0.25) is 0 Å². The van der Waals surface area contributed by atoms with E-state index in [1.54, 1.807) is 44.2 Å². The van der Waals surface area contributed by atoms with Crippen molar-refractivity contribution in [3.63, 3.8) is 0 Å². The Balaban J connectivity index is 2.05. The van der Waals surface area contributed by atoms with Gasteiger partial charge in [-0.3, -0.25) is 4.79 Å². The maximum Gasteiger partial charge on any atom is 0.313 e. The number of anilines is 1. The zero-order valence-corrected chi connectivity index (χ0v) is 13.7. The quantitative estimate of drug-likeness (QED) is 0.891. The Hall–Kier alpha value is -2.96. The molecule has 1 aliphatic rings. The van der Waals surface area contributed by atoms with Crippen molar-refractivity contribution in [2.75, 3.05) is 5.32 Å². The molecule has 1 aromatic carbocycles. The van der Waals surface area contributed by atoms with E-state index in [2.05, 4.69) is 10.4 Å². The van der Waals surface area contributed by atoms with Gasteiger partial charge in [-0.1, -0.05) is 24.3 Å². The van der Waals surface area contributed by atoms with Gasteiger partial charge < -0.3 is 10.4 Å². The van der Waals surface area contributed by atoms with E-state index in [-0.39, 0.29) is 5.69 Å². The van der Waals surface area contributed by atoms with E-state index in [4.69, 9.17) is 0 Å². The number of aromatic nitrogens is 2. The zero-order valence-electron chi connectivity index (χ0n) is 13.7. The number of nitrogens with one attached hydrogen (secondary N) is 1. The van der Waals surface area contributed by atoms with Crippen molar-refractivity contribution in [1.82, 2.24) is 9.78 Å². The van der Waals surface area contributed by atoms with Crippen LogP contribution in [-0.4, -0.2) is 26.4 Å². The van der Waals surface area contributed by atoms with Gasteiger partial charge in [-0.2, -0.15) is 5.10 Å². The number of hydrogen-bond donors (Lipinski definition) is 2. The maximum absolute atomic E-state index is 14.1. The number of allylic oxidation sites excluding steroid dienone is 2. The molecular weight excluding hydrogens is 328 g/mol. The monoisotopic (exact) mass is 345 g/mol. The molecule has 1 aliphatic carbocycles. The smallest absolute Gasteiger partial charge is 0.313 e. The predicted octanol–water partition coefficient (Wildman–Crippen LogP) is 3.46. The van der Waals surface area contributed by atoms with E-state index < -0.39 is 29.1 Å². The molecule has 1 aromatic heterocycles. The average Bonchev–Trinajstić information content (AvgIpc) is 2.89. The molecule has 2 atom stereocenters. The molecule has 7 heteroatoms. The molecule has 5 nitrogen and oxygen atoms in total. The van der Waals surface area contributed by atoms with Crippen LogP contribution in [0.1, 0.15) is 12.6 Å². The van der Waals surface area contributed by atoms with Crippen LogP contribution in [0.4, 0.5) is 14.6 Å². The maximum atomic E-state index is 14.1. The van der Waals surface area contributed by atoms with Crippen LogP contribution < -0.4 is 5.32 Å². The minimum Gasteiger partial charge on any atom is -0.481 e. The second-order valence-electron chi connectivity index (χ2n) is 6.15. The minimum absolute atomic E-state index is 0.0543. The van der Waals surface area contributed by atoms with Gasteiger partial charge in [-0.15, -0.1) is 0 Å². The first kappa shape index (κ1) is 16.9. The number of rotatable bonds is 4. The van der Waals surface area contributed by atoms with Gasteiger partial charge >= 0.3 is 5.97 Å². The normalized spacial score (nSPS) is 22.2. The Bertz CT molecular complexity index is 888. The summed E-state index contributed by atoms with van der Waals surface area (Å²) < 4.78 is 28.9. The van der Waals surface area contributed by atoms with E-state index in [1.807, 2.05) is 0 Å². The lowest BCUT2D eigenvalue weighted by molar-refractivity contribution is -0.141. The van der Waals surface area contributed by atoms with E-state index in [9.17, 15) is 18.7 Å². The topological polar surface area (TPSA) is 67.2 Å². The fourth-order valence-corrected chi connectivity index (χ4v) is 2.89. The summed E-state index contributed by atoms with van der Waals surface area (Å²) in [4.78, 5) is 11.6. The molecule has 1 heterocycles. The van der Waals surface area contributed by atoms with Gasteiger partial charge in [0.1, 0.15) is 29.1 Å². The second-order valence-corrected chi connectivity index (χ2v) is 6.15. The van der Waals surface area contributed by atoms with Gasteiger partial charge in [-0.05, 0) is 26.0 Å². The molecule has 0 aliphatic heterocycles. The van der Waals surface area contributed by atoms with Gasteiger partial charge in [-0.25, -0.2) is 13.5 Å². The minimum atomic E-state index is -0.990. The molecule has 25 heavy (non-hydrogen) atoms. The Morgan fingerprint density at radius 3 is 2.80 bits per heavy atom. The third-order valence-corrected chi connectivity index (χ3v) is 4.13. The molecule has 0 radical (unpaired) electrons. The lowest BCUT2D eigenvalue weighted by Crippen LogP contribution is -2.45. The van der Waals surface area contributed by atoms with E-state index >= 15 is 0 Å². The first-order valence-electron chi connectivity index (χ1n) is 7.69. The first-order valence-corrected chi connectivity index (χ1v) is 7.69. The number of carboxylic acids is 1. The molecular formula is C18H17F2N3O2. The SMILES string of the molecule is Cc1cc(NC2(C)C=CC=CC2C(=O)O)n(-c2cc(F)ccc2F)n1. The van der Waals surface area contributed by atoms with Crippen molar-refractivity contribution in [1.29, 1.82) is 0 Å². The number of benzene rings is 1. The standard InChI is InChI=1S/C18H17F2N3O2/c1-11-9-16(21-18(2)8-4-3-5-13(18)17(24)25)23(22-11)15-10-12(19)6-7-14(15)20/h3-10,13,21H,1-2H3,(H,24,25). The van der Waals surface area contributed by atoms with Crippen LogP contribution in [0.3, 0.4) is 0 Å². The highest BCUT2D eigenvalue weighted by Gasteiger charge is 2.37. The molecule has 2 unspecified atom stereocenters. The Labute approximate surface area is 143 Å². The molecule has 0 saturated heterocycles. The van der Waals surface area contributed by atoms with E-state index in [0.717, 1.165) is 18.2 Å². The third-order valence-electron chi connectivity index (χ3n) is 4.13. The number of hydrogen-bond acceptors (Lipinski definition) is 3. The largest absolute Gasteiger partial charge is 0.481 e. The van der Waals surface area contributed by atoms with Crippen molar-refractivity contribution in [3.05, 3.63) is 65.9 Å². The second kappa shape index (κ2) is 6.16. The van der Waals surface area contributed by atoms with Crippen molar-refractivity contribution in [2.24, 2.45) is 5.92 Å². The van der Waals surface area contributed by atoms with E-state index in [0.29, 0.717) is 11.5 Å². The number of carboxylic acid groups (broad SMARTS) is 1. The van der Waals surface area contributed by atoms with Crippen LogP contribution in [0.15, 0.2) is 48.6 Å². The van der Waals surface area contributed by atoms with Crippen molar-refractivity contribution in [3.8, 4) is 5.69 Å². The van der Waals surface area contributed by atoms with Crippen LogP contribution in [-0.2, 0) is 4.79 Å². The Morgan fingerprint density at radius 2 is 2.08 bits per heavy atom. The first-order chi connectivity index (χ1) is 11.8. The van der Waals surface area contributed by atoms with Gasteiger partial charge in [0.15, 0.2) is 0 Å². The Morgan fingerprint density at radius 1 is 1.32 bits per heavy atom. The average molecular weight is 345 g/mol. The van der Waals surface area contributed by atoms with Crippen LogP contribution in [0, 0.1) is 24.5 Å². The lowest BCUT2D eigenvalue weighted by atomic mass is 9.82. The molecule has 2 N–H and O–H groups in total. The number of carbonyl (C=O) groups is 1. The van der Waals surface area contributed by atoms with E-state index in [1.165, 1.54) is 4.68 Å². The summed E-state index contributed by atoms with van der Waals surface area (Å²) in [5, 5.41) is 16.8. The zero-order chi connectivity index (χ0) is 18.2. The molecule has 2 aromatic rings. The summed E-state index contributed by atoms with van der Waals surface area (Å²) in [6, 6.07) is 4.75. The van der Waals surface area contributed by atoms with Gasteiger partial charge in [0.25, 0.3) is 0 Å². The summed E-state index contributed by atoms with van der Waals surface area (Å²) >= 11 is 0. The number of halogens is 2. The highest BCUT2D eigenvalue weighted by atomic mass is 19.1. The summed E-state index contributed by atoms with van der Waals surface area (Å²) in [5.41, 5.74) is -0.424. The lowest BCUT2D eigenvalue weighted by Gasteiger charge is -2.34. The van der Waals surface area contributed by atoms with Gasteiger partial charge in [0.2, 0.25) is 0 Å². The molecule has 0 amide bonds. The van der Waals surface area contributed by atoms with Crippen molar-refractivity contribution < 1.29 is 18.7 Å². The fraction of sp³-hybridized carbons (Fsp3) is 0.222. The molecule has 0 saturated carbocycles. The summed E-state index contributed by atoms with van der Waals surface area (Å²) in [6.07, 6.45) is 6.70. The number of aryl methyl sites for hydroxylation is 1. The highest BCUT2D eigenvalue weighted by molar-refractivity contribution is 5.76. The molecule has 3 rings (SSSR count). The van der Waals surface area contributed by atoms with Gasteiger partial charge in [0, 0.05) is 12.1 Å². The van der Waals surface area contributed by atoms with Crippen molar-refractivity contribution >= 4 is 11.8 Å². The summed E-state index contributed by atoms with van der Waals surface area (Å²) in [5.74, 6) is -2.67. The summed E-state index contributed by atoms with van der Waals surface area (Å²) in [7, 11) is 0.